The summed E-state index contributed by atoms with van der Waals surface area (Å²) in [5.41, 5.74) is 0.469. The Balaban J connectivity index is 1.93. The van der Waals surface area contributed by atoms with Gasteiger partial charge in [-0.3, -0.25) is 0 Å². The van der Waals surface area contributed by atoms with Crippen LogP contribution in [0.4, 0.5) is 10.5 Å². The third-order valence-corrected chi connectivity index (χ3v) is 4.02. The monoisotopic (exact) mass is 300 g/mol. The number of amides is 2. The fourth-order valence-corrected chi connectivity index (χ4v) is 2.87. The van der Waals surface area contributed by atoms with Gasteiger partial charge >= 0.3 is 6.03 Å². The van der Waals surface area contributed by atoms with Gasteiger partial charge in [-0.2, -0.15) is 0 Å². The van der Waals surface area contributed by atoms with Crippen molar-refractivity contribution >= 4 is 34.9 Å². The summed E-state index contributed by atoms with van der Waals surface area (Å²) in [6.07, 6.45) is 6.97. The molecule has 2 rings (SSSR count). The molecule has 5 heteroatoms. The highest BCUT2D eigenvalue weighted by molar-refractivity contribution is 6.39. The molecule has 0 saturated heterocycles. The molecule has 1 saturated carbocycles. The summed E-state index contributed by atoms with van der Waals surface area (Å²) in [5.74, 6) is 0. The van der Waals surface area contributed by atoms with Crippen LogP contribution >= 0.6 is 23.2 Å². The van der Waals surface area contributed by atoms with E-state index in [9.17, 15) is 4.79 Å². The summed E-state index contributed by atoms with van der Waals surface area (Å²) < 4.78 is 0. The van der Waals surface area contributed by atoms with Gasteiger partial charge in [0.25, 0.3) is 0 Å². The van der Waals surface area contributed by atoms with E-state index >= 15 is 0 Å². The lowest BCUT2D eigenvalue weighted by molar-refractivity contribution is 0.247. The van der Waals surface area contributed by atoms with E-state index in [2.05, 4.69) is 10.6 Å². The third-order valence-electron chi connectivity index (χ3n) is 3.39. The van der Waals surface area contributed by atoms with E-state index in [1.807, 2.05) is 0 Å². The maximum absolute atomic E-state index is 12.0. The van der Waals surface area contributed by atoms with Crippen molar-refractivity contribution in [3.63, 3.8) is 0 Å². The van der Waals surface area contributed by atoms with Crippen LogP contribution in [0.3, 0.4) is 0 Å². The predicted octanol–water partition coefficient (Wildman–Crippen LogP) is 4.84. The van der Waals surface area contributed by atoms with Crippen molar-refractivity contribution in [3.05, 3.63) is 28.2 Å². The first-order valence-electron chi connectivity index (χ1n) is 6.68. The van der Waals surface area contributed by atoms with Crippen molar-refractivity contribution in [2.24, 2.45) is 0 Å². The van der Waals surface area contributed by atoms with Gasteiger partial charge < -0.3 is 10.6 Å². The van der Waals surface area contributed by atoms with Gasteiger partial charge in [0.05, 0.1) is 15.7 Å². The highest BCUT2D eigenvalue weighted by atomic mass is 35.5. The first kappa shape index (κ1) is 14.5. The van der Waals surface area contributed by atoms with E-state index in [1.165, 1.54) is 25.7 Å². The SMILES string of the molecule is O=C(Nc1c(Cl)cccc1Cl)NC1CCCCCC1. The van der Waals surface area contributed by atoms with Crippen LogP contribution in [-0.2, 0) is 0 Å². The van der Waals surface area contributed by atoms with E-state index in [0.717, 1.165) is 12.8 Å². The molecule has 1 aliphatic rings. The average molecular weight is 301 g/mol. The summed E-state index contributed by atoms with van der Waals surface area (Å²) in [6, 6.07) is 5.17. The number of para-hydroxylation sites is 1. The number of nitrogens with one attached hydrogen (secondary N) is 2. The topological polar surface area (TPSA) is 41.1 Å². The minimum absolute atomic E-state index is 0.234. The van der Waals surface area contributed by atoms with Gasteiger partial charge in [0, 0.05) is 6.04 Å². The molecule has 104 valence electrons. The van der Waals surface area contributed by atoms with Crippen molar-refractivity contribution in [2.45, 2.75) is 44.6 Å². The van der Waals surface area contributed by atoms with Gasteiger partial charge in [-0.05, 0) is 25.0 Å². The van der Waals surface area contributed by atoms with E-state index in [-0.39, 0.29) is 12.1 Å². The second kappa shape index (κ2) is 7.01. The van der Waals surface area contributed by atoms with E-state index < -0.39 is 0 Å². The van der Waals surface area contributed by atoms with Crippen molar-refractivity contribution < 1.29 is 4.79 Å². The summed E-state index contributed by atoms with van der Waals surface area (Å²) in [4.78, 5) is 12.0. The van der Waals surface area contributed by atoms with Crippen LogP contribution in [0.2, 0.25) is 10.0 Å². The quantitative estimate of drug-likeness (QED) is 0.754. The molecule has 0 atom stereocenters. The molecule has 1 aromatic carbocycles. The molecular formula is C14H18Cl2N2O. The Morgan fingerprint density at radius 1 is 1.05 bits per heavy atom. The van der Waals surface area contributed by atoms with Crippen LogP contribution in [0.15, 0.2) is 18.2 Å². The maximum atomic E-state index is 12.0. The van der Waals surface area contributed by atoms with Crippen LogP contribution in [0.1, 0.15) is 38.5 Å². The summed E-state index contributed by atoms with van der Waals surface area (Å²) in [7, 11) is 0. The Hall–Kier alpha value is -0.930. The molecule has 1 fully saturated rings. The molecule has 0 spiro atoms. The Bertz CT molecular complexity index is 423. The normalized spacial score (nSPS) is 16.7. The lowest BCUT2D eigenvalue weighted by Gasteiger charge is -2.17. The number of urea groups is 1. The molecule has 1 aliphatic carbocycles. The molecular weight excluding hydrogens is 283 g/mol. The average Bonchev–Trinajstić information content (AvgIpc) is 2.63. The van der Waals surface area contributed by atoms with Gasteiger partial charge in [-0.15, -0.1) is 0 Å². The van der Waals surface area contributed by atoms with Crippen molar-refractivity contribution in [3.8, 4) is 0 Å². The number of carbonyl (C=O) groups is 1. The van der Waals surface area contributed by atoms with Crippen molar-refractivity contribution in [1.82, 2.24) is 5.32 Å². The Morgan fingerprint density at radius 3 is 2.21 bits per heavy atom. The smallest absolute Gasteiger partial charge is 0.319 e. The zero-order valence-corrected chi connectivity index (χ0v) is 12.2. The van der Waals surface area contributed by atoms with Gasteiger partial charge in [-0.1, -0.05) is 55.0 Å². The zero-order valence-electron chi connectivity index (χ0n) is 10.7. The molecule has 2 N–H and O–H groups in total. The van der Waals surface area contributed by atoms with Gasteiger partial charge in [0.1, 0.15) is 0 Å². The van der Waals surface area contributed by atoms with Crippen LogP contribution in [0, 0.1) is 0 Å². The number of anilines is 1. The highest BCUT2D eigenvalue weighted by Crippen LogP contribution is 2.29. The minimum atomic E-state index is -0.234. The van der Waals surface area contributed by atoms with Crippen LogP contribution in [-0.4, -0.2) is 12.1 Å². The molecule has 0 heterocycles. The van der Waals surface area contributed by atoms with E-state index in [0.29, 0.717) is 15.7 Å². The molecule has 3 nitrogen and oxygen atoms in total. The number of halogens is 2. The first-order valence-corrected chi connectivity index (χ1v) is 7.44. The summed E-state index contributed by atoms with van der Waals surface area (Å²) >= 11 is 12.0. The largest absolute Gasteiger partial charge is 0.335 e. The minimum Gasteiger partial charge on any atom is -0.335 e. The molecule has 0 unspecified atom stereocenters. The molecule has 0 bridgehead atoms. The molecule has 1 aromatic rings. The molecule has 0 aromatic heterocycles. The Labute approximate surface area is 123 Å². The standard InChI is InChI=1S/C14H18Cl2N2O/c15-11-8-5-9-12(16)13(11)18-14(19)17-10-6-3-1-2-4-7-10/h5,8-10H,1-4,6-7H2,(H2,17,18,19). The fourth-order valence-electron chi connectivity index (χ4n) is 2.38. The summed E-state index contributed by atoms with van der Waals surface area (Å²) in [6.45, 7) is 0. The Kier molecular flexibility index (Phi) is 5.34. The molecule has 0 aliphatic heterocycles. The van der Waals surface area contributed by atoms with Gasteiger partial charge in [0.15, 0.2) is 0 Å². The van der Waals surface area contributed by atoms with Gasteiger partial charge in [-0.25, -0.2) is 4.79 Å². The van der Waals surface area contributed by atoms with Crippen molar-refractivity contribution in [2.75, 3.05) is 5.32 Å². The molecule has 2 amide bonds. The number of rotatable bonds is 2. The number of carbonyl (C=O) groups excluding carboxylic acids is 1. The second-order valence-electron chi connectivity index (χ2n) is 4.88. The maximum Gasteiger partial charge on any atom is 0.319 e. The number of benzene rings is 1. The summed E-state index contributed by atoms with van der Waals surface area (Å²) in [5, 5.41) is 6.62. The number of hydrogen-bond acceptors (Lipinski definition) is 1. The Morgan fingerprint density at radius 2 is 1.63 bits per heavy atom. The van der Waals surface area contributed by atoms with Crippen molar-refractivity contribution in [1.29, 1.82) is 0 Å². The lowest BCUT2D eigenvalue weighted by atomic mass is 10.1. The molecule has 0 radical (unpaired) electrons. The first-order chi connectivity index (χ1) is 9.16. The fraction of sp³-hybridized carbons (Fsp3) is 0.500. The van der Waals surface area contributed by atoms with E-state index in [4.69, 9.17) is 23.2 Å². The second-order valence-corrected chi connectivity index (χ2v) is 5.70. The van der Waals surface area contributed by atoms with Gasteiger partial charge in [0.2, 0.25) is 0 Å². The van der Waals surface area contributed by atoms with E-state index in [1.54, 1.807) is 18.2 Å². The third kappa shape index (κ3) is 4.29. The van der Waals surface area contributed by atoms with Crippen LogP contribution in [0.25, 0.3) is 0 Å². The zero-order chi connectivity index (χ0) is 13.7. The molecule has 19 heavy (non-hydrogen) atoms. The number of hydrogen-bond donors (Lipinski definition) is 2. The van der Waals surface area contributed by atoms with Crippen LogP contribution < -0.4 is 10.6 Å². The predicted molar refractivity (Wildman–Crippen MR) is 80.1 cm³/mol. The van der Waals surface area contributed by atoms with Crippen LogP contribution in [0.5, 0.6) is 0 Å². The lowest BCUT2D eigenvalue weighted by Crippen LogP contribution is -2.37. The highest BCUT2D eigenvalue weighted by Gasteiger charge is 2.16.